The predicted octanol–water partition coefficient (Wildman–Crippen LogP) is 2.24. The number of likely N-dealkylation sites (tertiary alicyclic amines) is 1. The number of nitrogens with zero attached hydrogens (tertiary/aromatic N) is 1. The maximum absolute atomic E-state index is 11.8. The standard InChI is InChI=1S/C17H27N3O2/c1-17(2,3)22-16(21)19-15-8-9-20(12-15)11-14-6-4-13(10-18)5-7-14/h4-7,15H,8-12,18H2,1-3H3,(H,19,21)/t15-/m0/s1. The summed E-state index contributed by atoms with van der Waals surface area (Å²) >= 11 is 0. The molecule has 2 rings (SSSR count). The molecule has 5 nitrogen and oxygen atoms in total. The Bertz CT molecular complexity index is 494. The summed E-state index contributed by atoms with van der Waals surface area (Å²) in [4.78, 5) is 14.1. The van der Waals surface area contributed by atoms with Crippen LogP contribution in [0, 0.1) is 0 Å². The summed E-state index contributed by atoms with van der Waals surface area (Å²) in [6.45, 7) is 8.94. The van der Waals surface area contributed by atoms with Crippen LogP contribution < -0.4 is 11.1 Å². The summed E-state index contributed by atoms with van der Waals surface area (Å²) in [5.74, 6) is 0. The minimum Gasteiger partial charge on any atom is -0.444 e. The molecular formula is C17H27N3O2. The van der Waals surface area contributed by atoms with Gasteiger partial charge in [0.15, 0.2) is 0 Å². The highest BCUT2D eigenvalue weighted by Crippen LogP contribution is 2.15. The van der Waals surface area contributed by atoms with Crippen molar-refractivity contribution in [3.8, 4) is 0 Å². The molecule has 1 aromatic carbocycles. The minimum absolute atomic E-state index is 0.165. The van der Waals surface area contributed by atoms with E-state index in [0.29, 0.717) is 6.54 Å². The molecule has 0 saturated carbocycles. The van der Waals surface area contributed by atoms with Crippen LogP contribution in [0.5, 0.6) is 0 Å². The molecule has 22 heavy (non-hydrogen) atoms. The second-order valence-electron chi connectivity index (χ2n) is 6.89. The van der Waals surface area contributed by atoms with Crippen molar-refractivity contribution in [1.82, 2.24) is 10.2 Å². The number of benzene rings is 1. The van der Waals surface area contributed by atoms with Gasteiger partial charge in [-0.05, 0) is 38.3 Å². The van der Waals surface area contributed by atoms with Crippen molar-refractivity contribution < 1.29 is 9.53 Å². The van der Waals surface area contributed by atoms with Gasteiger partial charge < -0.3 is 15.8 Å². The summed E-state index contributed by atoms with van der Waals surface area (Å²) in [7, 11) is 0. The lowest BCUT2D eigenvalue weighted by Gasteiger charge is -2.22. The summed E-state index contributed by atoms with van der Waals surface area (Å²) < 4.78 is 5.30. The molecule has 0 spiro atoms. The first-order valence-corrected chi connectivity index (χ1v) is 7.85. The van der Waals surface area contributed by atoms with Crippen molar-refractivity contribution in [3.63, 3.8) is 0 Å². The van der Waals surface area contributed by atoms with E-state index in [9.17, 15) is 4.79 Å². The van der Waals surface area contributed by atoms with Crippen LogP contribution >= 0.6 is 0 Å². The van der Waals surface area contributed by atoms with E-state index in [1.165, 1.54) is 5.56 Å². The van der Waals surface area contributed by atoms with E-state index in [2.05, 4.69) is 34.5 Å². The van der Waals surface area contributed by atoms with E-state index in [1.54, 1.807) is 0 Å². The molecule has 1 heterocycles. The molecule has 1 aromatic rings. The first kappa shape index (κ1) is 16.8. The van der Waals surface area contributed by atoms with Crippen LogP contribution in [-0.4, -0.2) is 35.7 Å². The highest BCUT2D eigenvalue weighted by molar-refractivity contribution is 5.68. The third-order valence-electron chi connectivity index (χ3n) is 3.66. The highest BCUT2D eigenvalue weighted by Gasteiger charge is 2.25. The van der Waals surface area contributed by atoms with Gasteiger partial charge in [0.05, 0.1) is 0 Å². The van der Waals surface area contributed by atoms with E-state index in [1.807, 2.05) is 20.8 Å². The quantitative estimate of drug-likeness (QED) is 0.895. The number of carbonyl (C=O) groups excluding carboxylic acids is 1. The Hall–Kier alpha value is -1.59. The van der Waals surface area contributed by atoms with Crippen LogP contribution in [0.2, 0.25) is 0 Å². The molecule has 1 amide bonds. The first-order chi connectivity index (χ1) is 10.4. The normalized spacial score (nSPS) is 19.2. The molecule has 1 aliphatic heterocycles. The number of hydrogen-bond acceptors (Lipinski definition) is 4. The molecule has 1 aliphatic rings. The number of amides is 1. The van der Waals surface area contributed by atoms with E-state index >= 15 is 0 Å². The van der Waals surface area contributed by atoms with Gasteiger partial charge in [-0.25, -0.2) is 4.79 Å². The van der Waals surface area contributed by atoms with Gasteiger partial charge in [0, 0.05) is 32.2 Å². The molecule has 3 N–H and O–H groups in total. The number of hydrogen-bond donors (Lipinski definition) is 2. The lowest BCUT2D eigenvalue weighted by atomic mass is 10.1. The molecule has 1 fully saturated rings. The van der Waals surface area contributed by atoms with Crippen LogP contribution in [0.3, 0.4) is 0 Å². The fourth-order valence-electron chi connectivity index (χ4n) is 2.61. The SMILES string of the molecule is CC(C)(C)OC(=O)N[C@H]1CCN(Cc2ccc(CN)cc2)C1. The third-order valence-corrected chi connectivity index (χ3v) is 3.66. The topological polar surface area (TPSA) is 67.6 Å². The highest BCUT2D eigenvalue weighted by atomic mass is 16.6. The molecule has 0 aliphatic carbocycles. The zero-order valence-corrected chi connectivity index (χ0v) is 13.8. The van der Waals surface area contributed by atoms with Crippen molar-refractivity contribution >= 4 is 6.09 Å². The van der Waals surface area contributed by atoms with Gasteiger partial charge in [-0.1, -0.05) is 24.3 Å². The lowest BCUT2D eigenvalue weighted by Crippen LogP contribution is -2.40. The molecular weight excluding hydrogens is 278 g/mol. The van der Waals surface area contributed by atoms with Crippen molar-refractivity contribution in [1.29, 1.82) is 0 Å². The number of alkyl carbamates (subject to hydrolysis) is 1. The van der Waals surface area contributed by atoms with Gasteiger partial charge >= 0.3 is 6.09 Å². The lowest BCUT2D eigenvalue weighted by molar-refractivity contribution is 0.0506. The molecule has 1 atom stereocenters. The average Bonchev–Trinajstić information content (AvgIpc) is 2.84. The second-order valence-corrected chi connectivity index (χ2v) is 6.89. The molecule has 5 heteroatoms. The zero-order chi connectivity index (χ0) is 16.2. The Balaban J connectivity index is 1.78. The predicted molar refractivity (Wildman–Crippen MR) is 87.4 cm³/mol. The average molecular weight is 305 g/mol. The molecule has 0 unspecified atom stereocenters. The number of rotatable bonds is 4. The van der Waals surface area contributed by atoms with Gasteiger partial charge in [0.25, 0.3) is 0 Å². The van der Waals surface area contributed by atoms with Crippen LogP contribution in [0.15, 0.2) is 24.3 Å². The van der Waals surface area contributed by atoms with E-state index in [-0.39, 0.29) is 12.1 Å². The van der Waals surface area contributed by atoms with Crippen LogP contribution in [0.4, 0.5) is 4.79 Å². The number of nitrogens with one attached hydrogen (secondary N) is 1. The molecule has 0 bridgehead atoms. The summed E-state index contributed by atoms with van der Waals surface area (Å²) in [6.07, 6.45) is 0.631. The Kier molecular flexibility index (Phi) is 5.42. The second kappa shape index (κ2) is 7.11. The Morgan fingerprint density at radius 3 is 2.55 bits per heavy atom. The van der Waals surface area contributed by atoms with E-state index < -0.39 is 5.60 Å². The maximum Gasteiger partial charge on any atom is 0.407 e. The third kappa shape index (κ3) is 5.31. The van der Waals surface area contributed by atoms with Gasteiger partial charge in [-0.2, -0.15) is 0 Å². The fourth-order valence-corrected chi connectivity index (χ4v) is 2.61. The van der Waals surface area contributed by atoms with E-state index in [4.69, 9.17) is 10.5 Å². The minimum atomic E-state index is -0.451. The molecule has 1 saturated heterocycles. The van der Waals surface area contributed by atoms with Crippen LogP contribution in [0.1, 0.15) is 38.3 Å². The zero-order valence-electron chi connectivity index (χ0n) is 13.8. The van der Waals surface area contributed by atoms with Crippen molar-refractivity contribution in [2.24, 2.45) is 5.73 Å². The Morgan fingerprint density at radius 2 is 1.95 bits per heavy atom. The van der Waals surface area contributed by atoms with Gasteiger partial charge in [0.1, 0.15) is 5.60 Å². The van der Waals surface area contributed by atoms with Crippen molar-refractivity contribution in [2.75, 3.05) is 13.1 Å². The Morgan fingerprint density at radius 1 is 1.32 bits per heavy atom. The van der Waals surface area contributed by atoms with Crippen LogP contribution in [0.25, 0.3) is 0 Å². The van der Waals surface area contributed by atoms with Gasteiger partial charge in [-0.15, -0.1) is 0 Å². The molecule has 122 valence electrons. The monoisotopic (exact) mass is 305 g/mol. The summed E-state index contributed by atoms with van der Waals surface area (Å²) in [6, 6.07) is 8.55. The number of ether oxygens (including phenoxy) is 1. The van der Waals surface area contributed by atoms with Crippen molar-refractivity contribution in [3.05, 3.63) is 35.4 Å². The van der Waals surface area contributed by atoms with Gasteiger partial charge in [0.2, 0.25) is 0 Å². The van der Waals surface area contributed by atoms with Crippen molar-refractivity contribution in [2.45, 2.75) is 51.9 Å². The fraction of sp³-hybridized carbons (Fsp3) is 0.588. The molecule has 0 radical (unpaired) electrons. The number of carbonyl (C=O) groups is 1. The largest absolute Gasteiger partial charge is 0.444 e. The summed E-state index contributed by atoms with van der Waals surface area (Å²) in [5, 5.41) is 2.95. The molecule has 0 aromatic heterocycles. The van der Waals surface area contributed by atoms with Gasteiger partial charge in [-0.3, -0.25) is 4.90 Å². The smallest absolute Gasteiger partial charge is 0.407 e. The summed E-state index contributed by atoms with van der Waals surface area (Å²) in [5.41, 5.74) is 7.58. The van der Waals surface area contributed by atoms with E-state index in [0.717, 1.165) is 31.6 Å². The van der Waals surface area contributed by atoms with Crippen LogP contribution in [-0.2, 0) is 17.8 Å². The Labute approximate surface area is 132 Å². The first-order valence-electron chi connectivity index (χ1n) is 7.85. The maximum atomic E-state index is 11.8. The number of nitrogens with two attached hydrogens (primary N) is 1.